The zero-order valence-electron chi connectivity index (χ0n) is 12.0. The molecule has 1 aromatic rings. The number of rotatable bonds is 6. The second kappa shape index (κ2) is 7.53. The van der Waals surface area contributed by atoms with Crippen LogP contribution < -0.4 is 0 Å². The molecule has 1 aromatic carbocycles. The maximum atomic E-state index is 13.4. The van der Waals surface area contributed by atoms with E-state index in [-0.39, 0.29) is 17.5 Å². The van der Waals surface area contributed by atoms with E-state index < -0.39 is 0 Å². The fourth-order valence-corrected chi connectivity index (χ4v) is 1.66. The smallest absolute Gasteiger partial charge is 0.155 e. The van der Waals surface area contributed by atoms with Gasteiger partial charge in [-0.25, -0.2) is 4.39 Å². The Balaban J connectivity index is 2.75. The number of Topliss-reactive ketones (excluding diaryl/α,β-unsaturated/α-hetero) is 1. The van der Waals surface area contributed by atoms with Gasteiger partial charge < -0.3 is 4.79 Å². The minimum Gasteiger partial charge on any atom is -0.303 e. The molecule has 106 valence electrons. The molecule has 1 atom stereocenters. The van der Waals surface area contributed by atoms with Crippen molar-refractivity contribution in [3.63, 3.8) is 0 Å². The summed E-state index contributed by atoms with van der Waals surface area (Å²) in [6.45, 7) is 4.91. The molecule has 0 heterocycles. The van der Waals surface area contributed by atoms with Crippen molar-refractivity contribution in [3.05, 3.63) is 58.9 Å². The van der Waals surface area contributed by atoms with Crippen LogP contribution in [0.4, 0.5) is 4.39 Å². The van der Waals surface area contributed by atoms with E-state index in [2.05, 4.69) is 0 Å². The fraction of sp³-hybridized carbons (Fsp3) is 0.294. The third-order valence-corrected chi connectivity index (χ3v) is 3.14. The molecule has 1 rings (SSSR count). The van der Waals surface area contributed by atoms with Crippen molar-refractivity contribution in [1.82, 2.24) is 0 Å². The van der Waals surface area contributed by atoms with Crippen LogP contribution in [0.15, 0.2) is 42.0 Å². The highest BCUT2D eigenvalue weighted by molar-refractivity contribution is 5.92. The fourth-order valence-electron chi connectivity index (χ4n) is 1.66. The second-order valence-electron chi connectivity index (χ2n) is 4.88. The van der Waals surface area contributed by atoms with Crippen molar-refractivity contribution in [1.29, 1.82) is 0 Å². The monoisotopic (exact) mass is 274 g/mol. The Labute approximate surface area is 119 Å². The SMILES string of the molecule is CC(=O)/C(C)=C/C=C\C(C=O)Cc1ccc(C)c(F)c1. The number of hydrogen-bond acceptors (Lipinski definition) is 2. The number of ketones is 1. The van der Waals surface area contributed by atoms with Crippen LogP contribution in [0.3, 0.4) is 0 Å². The van der Waals surface area contributed by atoms with Gasteiger partial charge in [0.15, 0.2) is 5.78 Å². The third kappa shape index (κ3) is 4.92. The molecule has 1 unspecified atom stereocenters. The summed E-state index contributed by atoms with van der Waals surface area (Å²) in [5.74, 6) is -0.588. The van der Waals surface area contributed by atoms with E-state index in [1.165, 1.54) is 13.0 Å². The van der Waals surface area contributed by atoms with E-state index in [4.69, 9.17) is 0 Å². The van der Waals surface area contributed by atoms with E-state index in [0.717, 1.165) is 11.8 Å². The van der Waals surface area contributed by atoms with Crippen molar-refractivity contribution < 1.29 is 14.0 Å². The standard InChI is InChI=1S/C17H19FO2/c1-12(14(3)20)5-4-6-16(11-19)9-15-8-7-13(2)17(18)10-15/h4-8,10-11,16H,9H2,1-3H3/b6-4-,12-5+. The molecule has 0 saturated carbocycles. The number of aldehydes is 1. The Kier molecular flexibility index (Phi) is 6.04. The number of allylic oxidation sites excluding steroid dienone is 4. The second-order valence-corrected chi connectivity index (χ2v) is 4.88. The van der Waals surface area contributed by atoms with Crippen LogP contribution in [-0.4, -0.2) is 12.1 Å². The number of aryl methyl sites for hydroxylation is 1. The van der Waals surface area contributed by atoms with Gasteiger partial charge in [-0.15, -0.1) is 0 Å². The molecule has 20 heavy (non-hydrogen) atoms. The Morgan fingerprint density at radius 3 is 2.60 bits per heavy atom. The molecule has 0 aliphatic carbocycles. The lowest BCUT2D eigenvalue weighted by Crippen LogP contribution is -2.03. The summed E-state index contributed by atoms with van der Waals surface area (Å²) >= 11 is 0. The molecule has 0 aliphatic heterocycles. The summed E-state index contributed by atoms with van der Waals surface area (Å²) in [5.41, 5.74) is 2.00. The summed E-state index contributed by atoms with van der Waals surface area (Å²) in [5, 5.41) is 0. The molecule has 0 amide bonds. The summed E-state index contributed by atoms with van der Waals surface area (Å²) in [7, 11) is 0. The van der Waals surface area contributed by atoms with Crippen molar-refractivity contribution in [2.24, 2.45) is 5.92 Å². The lowest BCUT2D eigenvalue weighted by Gasteiger charge is -2.06. The predicted molar refractivity (Wildman–Crippen MR) is 78.0 cm³/mol. The number of carbonyl (C=O) groups is 2. The molecule has 0 spiro atoms. The van der Waals surface area contributed by atoms with Crippen molar-refractivity contribution >= 4 is 12.1 Å². The first-order valence-corrected chi connectivity index (χ1v) is 6.50. The van der Waals surface area contributed by atoms with Gasteiger partial charge >= 0.3 is 0 Å². The van der Waals surface area contributed by atoms with Crippen LogP contribution >= 0.6 is 0 Å². The molecule has 3 heteroatoms. The maximum Gasteiger partial charge on any atom is 0.155 e. The Morgan fingerprint density at radius 2 is 2.05 bits per heavy atom. The van der Waals surface area contributed by atoms with Crippen LogP contribution in [0.5, 0.6) is 0 Å². The summed E-state index contributed by atoms with van der Waals surface area (Å²) in [6.07, 6.45) is 6.36. The van der Waals surface area contributed by atoms with Crippen LogP contribution in [0.1, 0.15) is 25.0 Å². The van der Waals surface area contributed by atoms with Crippen molar-refractivity contribution in [3.8, 4) is 0 Å². The van der Waals surface area contributed by atoms with Crippen LogP contribution in [0.25, 0.3) is 0 Å². The minimum absolute atomic E-state index is 0.00194. The summed E-state index contributed by atoms with van der Waals surface area (Å²) in [6, 6.07) is 4.98. The third-order valence-electron chi connectivity index (χ3n) is 3.14. The highest BCUT2D eigenvalue weighted by Crippen LogP contribution is 2.13. The Bertz CT molecular complexity index is 556. The normalized spacial score (nSPS) is 13.5. The van der Waals surface area contributed by atoms with E-state index in [0.29, 0.717) is 17.6 Å². The molecular formula is C17H19FO2. The first-order chi connectivity index (χ1) is 9.43. The number of benzene rings is 1. The molecule has 0 bridgehead atoms. The largest absolute Gasteiger partial charge is 0.303 e. The summed E-state index contributed by atoms with van der Waals surface area (Å²) in [4.78, 5) is 22.1. The number of halogens is 1. The maximum absolute atomic E-state index is 13.4. The lowest BCUT2D eigenvalue weighted by atomic mass is 9.99. The van der Waals surface area contributed by atoms with Gasteiger partial charge in [-0.2, -0.15) is 0 Å². The minimum atomic E-state index is -0.326. The summed E-state index contributed by atoms with van der Waals surface area (Å²) < 4.78 is 13.4. The Hall–Kier alpha value is -2.03. The Morgan fingerprint density at radius 1 is 1.35 bits per heavy atom. The van der Waals surface area contributed by atoms with Crippen LogP contribution in [-0.2, 0) is 16.0 Å². The molecule has 0 fully saturated rings. The van der Waals surface area contributed by atoms with E-state index in [9.17, 15) is 14.0 Å². The molecule has 0 radical (unpaired) electrons. The van der Waals surface area contributed by atoms with Gasteiger partial charge in [-0.05, 0) is 50.0 Å². The van der Waals surface area contributed by atoms with E-state index in [1.807, 2.05) is 6.07 Å². The van der Waals surface area contributed by atoms with Crippen LogP contribution in [0, 0.1) is 18.7 Å². The van der Waals surface area contributed by atoms with E-state index in [1.54, 1.807) is 38.1 Å². The average molecular weight is 274 g/mol. The molecule has 0 N–H and O–H groups in total. The zero-order chi connectivity index (χ0) is 15.1. The van der Waals surface area contributed by atoms with Gasteiger partial charge in [-0.3, -0.25) is 4.79 Å². The highest BCUT2D eigenvalue weighted by Gasteiger charge is 2.06. The highest BCUT2D eigenvalue weighted by atomic mass is 19.1. The van der Waals surface area contributed by atoms with Crippen molar-refractivity contribution in [2.75, 3.05) is 0 Å². The van der Waals surface area contributed by atoms with Gasteiger partial charge in [0.1, 0.15) is 12.1 Å². The lowest BCUT2D eigenvalue weighted by molar-refractivity contribution is -0.113. The molecule has 0 saturated heterocycles. The predicted octanol–water partition coefficient (Wildman–Crippen LogP) is 3.58. The van der Waals surface area contributed by atoms with Gasteiger partial charge in [0.2, 0.25) is 0 Å². The number of carbonyl (C=O) groups excluding carboxylic acids is 2. The molecule has 0 aliphatic rings. The molecular weight excluding hydrogens is 255 g/mol. The quantitative estimate of drug-likeness (QED) is 0.451. The van der Waals surface area contributed by atoms with Crippen molar-refractivity contribution in [2.45, 2.75) is 27.2 Å². The van der Waals surface area contributed by atoms with Crippen LogP contribution in [0.2, 0.25) is 0 Å². The van der Waals surface area contributed by atoms with Gasteiger partial charge in [-0.1, -0.05) is 30.4 Å². The average Bonchev–Trinajstić information content (AvgIpc) is 2.41. The molecule has 2 nitrogen and oxygen atoms in total. The first-order valence-electron chi connectivity index (χ1n) is 6.50. The van der Waals surface area contributed by atoms with E-state index >= 15 is 0 Å². The van der Waals surface area contributed by atoms with Gasteiger partial charge in [0.25, 0.3) is 0 Å². The molecule has 0 aromatic heterocycles. The topological polar surface area (TPSA) is 34.1 Å². The number of hydrogen-bond donors (Lipinski definition) is 0. The first kappa shape index (κ1) is 16.0. The van der Waals surface area contributed by atoms with Gasteiger partial charge in [0.05, 0.1) is 0 Å². The zero-order valence-corrected chi connectivity index (χ0v) is 12.0. The van der Waals surface area contributed by atoms with Gasteiger partial charge in [0, 0.05) is 5.92 Å².